The first-order valence-corrected chi connectivity index (χ1v) is 12.0. The highest BCUT2D eigenvalue weighted by atomic mass is 32.1. The van der Waals surface area contributed by atoms with E-state index >= 15 is 0 Å². The molecule has 3 aromatic heterocycles. The Bertz CT molecular complexity index is 1260. The van der Waals surface area contributed by atoms with Gasteiger partial charge >= 0.3 is 0 Å². The van der Waals surface area contributed by atoms with E-state index in [0.717, 1.165) is 35.2 Å². The Morgan fingerprint density at radius 2 is 1.97 bits per heavy atom. The van der Waals surface area contributed by atoms with E-state index in [1.165, 1.54) is 11.3 Å². The molecule has 0 saturated carbocycles. The number of aromatic nitrogens is 2. The number of morpholine rings is 1. The number of fused-ring (bicyclic) bond motifs is 1. The summed E-state index contributed by atoms with van der Waals surface area (Å²) in [5, 5.41) is 8.63. The molecule has 9 heteroatoms. The number of amides is 2. The Hall–Kier alpha value is -3.69. The van der Waals surface area contributed by atoms with E-state index in [2.05, 4.69) is 25.5 Å². The van der Waals surface area contributed by atoms with Crippen molar-refractivity contribution in [2.75, 3.05) is 36.5 Å². The summed E-state index contributed by atoms with van der Waals surface area (Å²) in [4.78, 5) is 36.4. The highest BCUT2D eigenvalue weighted by Gasteiger charge is 2.24. The Morgan fingerprint density at radius 3 is 2.74 bits per heavy atom. The van der Waals surface area contributed by atoms with Gasteiger partial charge in [-0.15, -0.1) is 11.3 Å². The van der Waals surface area contributed by atoms with Gasteiger partial charge in [0.15, 0.2) is 0 Å². The number of aromatic amines is 1. The number of pyridine rings is 1. The zero-order chi connectivity index (χ0) is 23.3. The fourth-order valence-electron chi connectivity index (χ4n) is 4.05. The Morgan fingerprint density at radius 1 is 1.12 bits per heavy atom. The number of ether oxygens (including phenoxy) is 1. The first-order chi connectivity index (χ1) is 16.7. The van der Waals surface area contributed by atoms with Crippen LogP contribution in [0.5, 0.6) is 0 Å². The average molecular weight is 476 g/mol. The lowest BCUT2D eigenvalue weighted by atomic mass is 10.0. The molecule has 4 aromatic rings. The molecule has 0 radical (unpaired) electrons. The van der Waals surface area contributed by atoms with Crippen molar-refractivity contribution in [3.05, 3.63) is 76.7 Å². The van der Waals surface area contributed by atoms with Gasteiger partial charge < -0.3 is 25.3 Å². The first kappa shape index (κ1) is 22.1. The van der Waals surface area contributed by atoms with Gasteiger partial charge in [-0.3, -0.25) is 9.59 Å². The highest BCUT2D eigenvalue weighted by molar-refractivity contribution is 7.12. The standard InChI is InChI=1S/C25H25N5O3S/c31-24(29-23-8-7-18(16-27-23)30-9-11-33-12-10-30)21(28-25(32)22-6-3-13-34-22)14-17-15-26-20-5-2-1-4-19(17)20/h1-8,13,15-16,21,26H,9-12,14H2,(H,28,32)(H,27,29,31). The van der Waals surface area contributed by atoms with Crippen LogP contribution in [0.1, 0.15) is 15.2 Å². The van der Waals surface area contributed by atoms with Gasteiger partial charge in [0.05, 0.1) is 30.0 Å². The molecule has 0 bridgehead atoms. The molecule has 0 spiro atoms. The molecule has 174 valence electrons. The van der Waals surface area contributed by atoms with Crippen LogP contribution in [0.25, 0.3) is 10.9 Å². The first-order valence-electron chi connectivity index (χ1n) is 11.2. The van der Waals surface area contributed by atoms with Gasteiger partial charge in [0.25, 0.3) is 5.91 Å². The molecule has 3 N–H and O–H groups in total. The summed E-state index contributed by atoms with van der Waals surface area (Å²) in [5.41, 5.74) is 2.93. The molecule has 1 aliphatic rings. The number of hydrogen-bond acceptors (Lipinski definition) is 6. The molecule has 4 heterocycles. The molecule has 1 unspecified atom stereocenters. The minimum atomic E-state index is -0.769. The average Bonchev–Trinajstić information content (AvgIpc) is 3.55. The number of nitrogens with one attached hydrogen (secondary N) is 3. The number of para-hydroxylation sites is 1. The van der Waals surface area contributed by atoms with E-state index in [1.54, 1.807) is 18.3 Å². The highest BCUT2D eigenvalue weighted by Crippen LogP contribution is 2.21. The van der Waals surface area contributed by atoms with Crippen molar-refractivity contribution in [2.45, 2.75) is 12.5 Å². The van der Waals surface area contributed by atoms with Crippen LogP contribution >= 0.6 is 11.3 Å². The molecular formula is C25H25N5O3S. The van der Waals surface area contributed by atoms with Crippen molar-refractivity contribution in [3.63, 3.8) is 0 Å². The van der Waals surface area contributed by atoms with Crippen molar-refractivity contribution in [1.82, 2.24) is 15.3 Å². The zero-order valence-corrected chi connectivity index (χ0v) is 19.3. The number of hydrogen-bond donors (Lipinski definition) is 3. The largest absolute Gasteiger partial charge is 0.378 e. The van der Waals surface area contributed by atoms with Crippen molar-refractivity contribution in [1.29, 1.82) is 0 Å². The SMILES string of the molecule is O=C(NC(Cc1c[nH]c2ccccc12)C(=O)Nc1ccc(N2CCOCC2)cn1)c1cccs1. The van der Waals surface area contributed by atoms with E-state index in [4.69, 9.17) is 4.74 Å². The van der Waals surface area contributed by atoms with Crippen LogP contribution < -0.4 is 15.5 Å². The van der Waals surface area contributed by atoms with E-state index in [-0.39, 0.29) is 11.8 Å². The maximum atomic E-state index is 13.3. The molecule has 5 rings (SSSR count). The Kier molecular flexibility index (Phi) is 6.55. The molecule has 34 heavy (non-hydrogen) atoms. The van der Waals surface area contributed by atoms with Gasteiger partial charge in [-0.05, 0) is 35.2 Å². The van der Waals surface area contributed by atoms with E-state index in [1.807, 2.05) is 48.0 Å². The number of nitrogens with zero attached hydrogens (tertiary/aromatic N) is 2. The minimum Gasteiger partial charge on any atom is -0.378 e. The summed E-state index contributed by atoms with van der Waals surface area (Å²) in [5.74, 6) is -0.149. The van der Waals surface area contributed by atoms with E-state index < -0.39 is 6.04 Å². The predicted octanol–water partition coefficient (Wildman–Crippen LogP) is 3.44. The number of anilines is 2. The van der Waals surface area contributed by atoms with Gasteiger partial charge in [0, 0.05) is 36.6 Å². The van der Waals surface area contributed by atoms with Crippen LogP contribution in [0.3, 0.4) is 0 Å². The minimum absolute atomic E-state index is 0.273. The molecule has 8 nitrogen and oxygen atoms in total. The quantitative estimate of drug-likeness (QED) is 0.380. The molecule has 1 fully saturated rings. The maximum absolute atomic E-state index is 13.3. The molecule has 1 aromatic carbocycles. The second-order valence-corrected chi connectivity index (χ2v) is 9.00. The maximum Gasteiger partial charge on any atom is 0.262 e. The van der Waals surface area contributed by atoms with Crippen molar-refractivity contribution < 1.29 is 14.3 Å². The normalized spacial score (nSPS) is 14.6. The fourth-order valence-corrected chi connectivity index (χ4v) is 4.68. The molecule has 1 atom stereocenters. The second kappa shape index (κ2) is 10.1. The van der Waals surface area contributed by atoms with Gasteiger partial charge in [-0.2, -0.15) is 0 Å². The fraction of sp³-hybridized carbons (Fsp3) is 0.240. The van der Waals surface area contributed by atoms with Crippen molar-refractivity contribution in [2.24, 2.45) is 0 Å². The number of thiophene rings is 1. The zero-order valence-electron chi connectivity index (χ0n) is 18.5. The van der Waals surface area contributed by atoms with Crippen LogP contribution in [0.15, 0.2) is 66.3 Å². The number of rotatable bonds is 7. The van der Waals surface area contributed by atoms with Crippen LogP contribution in [0.4, 0.5) is 11.5 Å². The van der Waals surface area contributed by atoms with Crippen LogP contribution in [-0.2, 0) is 16.0 Å². The molecule has 0 aliphatic carbocycles. The lowest BCUT2D eigenvalue weighted by Gasteiger charge is -2.28. The summed E-state index contributed by atoms with van der Waals surface area (Å²) < 4.78 is 5.40. The summed E-state index contributed by atoms with van der Waals surface area (Å²) in [6.07, 6.45) is 3.98. The van der Waals surface area contributed by atoms with Gasteiger partial charge in [-0.25, -0.2) is 4.98 Å². The predicted molar refractivity (Wildman–Crippen MR) is 133 cm³/mol. The molecule has 1 saturated heterocycles. The molecule has 1 aliphatic heterocycles. The third-order valence-corrected chi connectivity index (χ3v) is 6.71. The van der Waals surface area contributed by atoms with Crippen molar-refractivity contribution in [3.8, 4) is 0 Å². The van der Waals surface area contributed by atoms with Crippen LogP contribution in [-0.4, -0.2) is 54.1 Å². The van der Waals surface area contributed by atoms with Crippen LogP contribution in [0, 0.1) is 0 Å². The lowest BCUT2D eigenvalue weighted by Crippen LogP contribution is -2.45. The third kappa shape index (κ3) is 4.95. The summed E-state index contributed by atoms with van der Waals surface area (Å²) in [7, 11) is 0. The monoisotopic (exact) mass is 475 g/mol. The molecular weight excluding hydrogens is 450 g/mol. The van der Waals surface area contributed by atoms with Gasteiger partial charge in [0.2, 0.25) is 5.91 Å². The smallest absolute Gasteiger partial charge is 0.262 e. The Labute approximate surface area is 201 Å². The summed E-state index contributed by atoms with van der Waals surface area (Å²) in [6, 6.07) is 14.4. The Balaban J connectivity index is 1.33. The molecule has 2 amide bonds. The van der Waals surface area contributed by atoms with E-state index in [9.17, 15) is 9.59 Å². The summed E-state index contributed by atoms with van der Waals surface area (Å²) >= 11 is 1.34. The number of carbonyl (C=O) groups excluding carboxylic acids is 2. The second-order valence-electron chi connectivity index (χ2n) is 8.06. The topological polar surface area (TPSA) is 99.3 Å². The van der Waals surface area contributed by atoms with Crippen LogP contribution in [0.2, 0.25) is 0 Å². The van der Waals surface area contributed by atoms with Gasteiger partial charge in [0.1, 0.15) is 11.9 Å². The van der Waals surface area contributed by atoms with E-state index in [0.29, 0.717) is 30.3 Å². The number of H-pyrrole nitrogens is 1. The van der Waals surface area contributed by atoms with Crippen molar-refractivity contribution >= 4 is 45.6 Å². The summed E-state index contributed by atoms with van der Waals surface area (Å²) in [6.45, 7) is 3.01. The lowest BCUT2D eigenvalue weighted by molar-refractivity contribution is -0.118. The third-order valence-electron chi connectivity index (χ3n) is 5.84. The number of benzene rings is 1. The van der Waals surface area contributed by atoms with Gasteiger partial charge in [-0.1, -0.05) is 24.3 Å². The number of carbonyl (C=O) groups is 2.